The first-order valence-corrected chi connectivity index (χ1v) is 8.57. The van der Waals surface area contributed by atoms with E-state index in [0.29, 0.717) is 23.8 Å². The van der Waals surface area contributed by atoms with Crippen molar-refractivity contribution in [1.82, 2.24) is 4.90 Å². The Balaban J connectivity index is 1.95. The summed E-state index contributed by atoms with van der Waals surface area (Å²) in [5.41, 5.74) is 0. The Labute approximate surface area is 117 Å². The van der Waals surface area contributed by atoms with Gasteiger partial charge in [-0.25, -0.2) is 0 Å². The SMILES string of the molecule is CC1CC(C)C(CN2CCSC(C)C2C)C(O)C1. The van der Waals surface area contributed by atoms with Gasteiger partial charge in [0, 0.05) is 36.1 Å². The van der Waals surface area contributed by atoms with E-state index in [2.05, 4.69) is 44.4 Å². The molecule has 0 bridgehead atoms. The quantitative estimate of drug-likeness (QED) is 0.835. The van der Waals surface area contributed by atoms with Crippen molar-refractivity contribution in [2.45, 2.75) is 57.9 Å². The first-order chi connectivity index (χ1) is 8.49. The van der Waals surface area contributed by atoms with Gasteiger partial charge in [-0.15, -0.1) is 0 Å². The van der Waals surface area contributed by atoms with Gasteiger partial charge in [-0.2, -0.15) is 11.8 Å². The van der Waals surface area contributed by atoms with Gasteiger partial charge in [-0.1, -0.05) is 20.8 Å². The first kappa shape index (κ1) is 14.7. The third kappa shape index (κ3) is 3.23. The monoisotopic (exact) mass is 271 g/mol. The van der Waals surface area contributed by atoms with Crippen molar-refractivity contribution < 1.29 is 5.11 Å². The highest BCUT2D eigenvalue weighted by Crippen LogP contribution is 2.35. The zero-order chi connectivity index (χ0) is 13.3. The highest BCUT2D eigenvalue weighted by molar-refractivity contribution is 8.00. The smallest absolute Gasteiger partial charge is 0.0585 e. The number of hydrogen-bond donors (Lipinski definition) is 1. The summed E-state index contributed by atoms with van der Waals surface area (Å²) in [6.45, 7) is 11.6. The van der Waals surface area contributed by atoms with Gasteiger partial charge in [0.15, 0.2) is 0 Å². The van der Waals surface area contributed by atoms with Crippen LogP contribution in [-0.2, 0) is 0 Å². The predicted molar refractivity (Wildman–Crippen MR) is 80.0 cm³/mol. The van der Waals surface area contributed by atoms with Crippen molar-refractivity contribution in [2.75, 3.05) is 18.8 Å². The summed E-state index contributed by atoms with van der Waals surface area (Å²) in [6.07, 6.45) is 2.20. The molecule has 0 aromatic heterocycles. The van der Waals surface area contributed by atoms with Crippen molar-refractivity contribution in [3.63, 3.8) is 0 Å². The van der Waals surface area contributed by atoms with Crippen LogP contribution in [0.5, 0.6) is 0 Å². The second-order valence-electron chi connectivity index (χ2n) is 6.60. The number of aliphatic hydroxyl groups is 1. The highest BCUT2D eigenvalue weighted by atomic mass is 32.2. The molecule has 18 heavy (non-hydrogen) atoms. The Hall–Kier alpha value is 0.270. The van der Waals surface area contributed by atoms with Gasteiger partial charge < -0.3 is 5.11 Å². The fraction of sp³-hybridized carbons (Fsp3) is 1.00. The van der Waals surface area contributed by atoms with Gasteiger partial charge in [-0.3, -0.25) is 4.90 Å². The standard InChI is InChI=1S/C15H29NOS/c1-10-7-11(2)14(15(17)8-10)9-16-5-6-18-13(4)12(16)3/h10-15,17H,5-9H2,1-4H3. The molecule has 1 heterocycles. The van der Waals surface area contributed by atoms with Crippen molar-refractivity contribution in [1.29, 1.82) is 0 Å². The molecule has 0 aromatic rings. The zero-order valence-electron chi connectivity index (χ0n) is 12.3. The van der Waals surface area contributed by atoms with E-state index in [9.17, 15) is 5.11 Å². The number of rotatable bonds is 2. The fourth-order valence-corrected chi connectivity index (χ4v) is 4.86. The van der Waals surface area contributed by atoms with Crippen LogP contribution in [0.2, 0.25) is 0 Å². The van der Waals surface area contributed by atoms with E-state index in [-0.39, 0.29) is 6.10 Å². The maximum atomic E-state index is 10.4. The van der Waals surface area contributed by atoms with Crippen LogP contribution in [0.1, 0.15) is 40.5 Å². The fourth-order valence-electron chi connectivity index (χ4n) is 3.70. The van der Waals surface area contributed by atoms with Crippen LogP contribution in [0.25, 0.3) is 0 Å². The van der Waals surface area contributed by atoms with Crippen molar-refractivity contribution in [3.05, 3.63) is 0 Å². The Morgan fingerprint density at radius 1 is 1.17 bits per heavy atom. The number of nitrogens with zero attached hydrogens (tertiary/aromatic N) is 1. The summed E-state index contributed by atoms with van der Waals surface area (Å²) in [6, 6.07) is 0.655. The van der Waals surface area contributed by atoms with E-state index in [1.54, 1.807) is 0 Å². The largest absolute Gasteiger partial charge is 0.393 e. The van der Waals surface area contributed by atoms with Gasteiger partial charge in [0.1, 0.15) is 0 Å². The molecular formula is C15H29NOS. The predicted octanol–water partition coefficient (Wildman–Crippen LogP) is 2.86. The Kier molecular flexibility index (Phi) is 5.01. The summed E-state index contributed by atoms with van der Waals surface area (Å²) in [5.74, 6) is 3.10. The highest BCUT2D eigenvalue weighted by Gasteiger charge is 2.36. The van der Waals surface area contributed by atoms with Gasteiger partial charge >= 0.3 is 0 Å². The molecular weight excluding hydrogens is 242 g/mol. The number of hydrogen-bond acceptors (Lipinski definition) is 3. The molecule has 0 aromatic carbocycles. The molecule has 2 aliphatic rings. The van der Waals surface area contributed by atoms with Gasteiger partial charge in [0.25, 0.3) is 0 Å². The minimum Gasteiger partial charge on any atom is -0.393 e. The molecule has 2 fully saturated rings. The van der Waals surface area contributed by atoms with Crippen LogP contribution in [0.4, 0.5) is 0 Å². The zero-order valence-corrected chi connectivity index (χ0v) is 13.1. The van der Waals surface area contributed by atoms with Gasteiger partial charge in [-0.05, 0) is 31.6 Å². The van der Waals surface area contributed by atoms with Crippen LogP contribution < -0.4 is 0 Å². The van der Waals surface area contributed by atoms with Crippen LogP contribution in [0.15, 0.2) is 0 Å². The summed E-state index contributed by atoms with van der Waals surface area (Å²) < 4.78 is 0. The first-order valence-electron chi connectivity index (χ1n) is 7.52. The van der Waals surface area contributed by atoms with Gasteiger partial charge in [0.2, 0.25) is 0 Å². The number of thioether (sulfide) groups is 1. The van der Waals surface area contributed by atoms with E-state index in [0.717, 1.165) is 18.2 Å². The lowest BCUT2D eigenvalue weighted by Gasteiger charge is -2.44. The Morgan fingerprint density at radius 3 is 2.56 bits per heavy atom. The van der Waals surface area contributed by atoms with Crippen LogP contribution in [0.3, 0.4) is 0 Å². The summed E-state index contributed by atoms with van der Waals surface area (Å²) >= 11 is 2.09. The van der Waals surface area contributed by atoms with E-state index in [4.69, 9.17) is 0 Å². The van der Waals surface area contributed by atoms with Gasteiger partial charge in [0.05, 0.1) is 6.10 Å². The average Bonchev–Trinajstić information content (AvgIpc) is 2.28. The molecule has 0 radical (unpaired) electrons. The minimum atomic E-state index is -0.0826. The molecule has 0 amide bonds. The molecule has 6 unspecified atom stereocenters. The average molecular weight is 271 g/mol. The molecule has 2 rings (SSSR count). The molecule has 2 nitrogen and oxygen atoms in total. The normalized spacial score (nSPS) is 47.2. The van der Waals surface area contributed by atoms with Crippen LogP contribution in [-0.4, -0.2) is 46.2 Å². The van der Waals surface area contributed by atoms with E-state index in [1.807, 2.05) is 0 Å². The van der Waals surface area contributed by atoms with Crippen molar-refractivity contribution in [2.24, 2.45) is 17.8 Å². The molecule has 1 aliphatic heterocycles. The number of aliphatic hydroxyl groups excluding tert-OH is 1. The van der Waals surface area contributed by atoms with Crippen molar-refractivity contribution in [3.8, 4) is 0 Å². The molecule has 6 atom stereocenters. The summed E-state index contributed by atoms with van der Waals surface area (Å²) in [7, 11) is 0. The summed E-state index contributed by atoms with van der Waals surface area (Å²) in [5, 5.41) is 11.1. The lowest BCUT2D eigenvalue weighted by molar-refractivity contribution is -0.00731. The van der Waals surface area contributed by atoms with Crippen molar-refractivity contribution >= 4 is 11.8 Å². The topological polar surface area (TPSA) is 23.5 Å². The molecule has 1 saturated heterocycles. The van der Waals surface area contributed by atoms with Crippen LogP contribution in [0, 0.1) is 17.8 Å². The molecule has 1 aliphatic carbocycles. The lowest BCUT2D eigenvalue weighted by Crippen LogP contribution is -2.50. The molecule has 3 heteroatoms. The van der Waals surface area contributed by atoms with E-state index >= 15 is 0 Å². The Bertz CT molecular complexity index is 261. The summed E-state index contributed by atoms with van der Waals surface area (Å²) in [4.78, 5) is 2.61. The lowest BCUT2D eigenvalue weighted by atomic mass is 9.73. The second-order valence-corrected chi connectivity index (χ2v) is 8.08. The van der Waals surface area contributed by atoms with Crippen LogP contribution >= 0.6 is 11.8 Å². The maximum Gasteiger partial charge on any atom is 0.0585 e. The Morgan fingerprint density at radius 2 is 1.89 bits per heavy atom. The van der Waals surface area contributed by atoms with E-state index < -0.39 is 0 Å². The third-order valence-electron chi connectivity index (χ3n) is 5.10. The minimum absolute atomic E-state index is 0.0826. The third-order valence-corrected chi connectivity index (χ3v) is 6.44. The molecule has 1 N–H and O–H groups in total. The molecule has 1 saturated carbocycles. The maximum absolute atomic E-state index is 10.4. The molecule has 0 spiro atoms. The molecule has 106 valence electrons. The van der Waals surface area contributed by atoms with E-state index in [1.165, 1.54) is 18.7 Å². The second kappa shape index (κ2) is 6.15.